The Morgan fingerprint density at radius 1 is 1.15 bits per heavy atom. The Balaban J connectivity index is 2.22. The highest BCUT2D eigenvalue weighted by molar-refractivity contribution is 7.89. The Hall–Kier alpha value is -1.92. The Morgan fingerprint density at radius 3 is 2.50 bits per heavy atom. The van der Waals surface area contributed by atoms with Crippen molar-refractivity contribution in [2.75, 3.05) is 7.11 Å². The maximum absolute atomic E-state index is 13.1. The Kier molecular flexibility index (Phi) is 4.36. The van der Waals surface area contributed by atoms with Crippen LogP contribution < -0.4 is 9.46 Å². The molecule has 1 N–H and O–H groups in total. The smallest absolute Gasteiger partial charge is 0.244 e. The van der Waals surface area contributed by atoms with Gasteiger partial charge in [0.25, 0.3) is 0 Å². The molecule has 0 aromatic heterocycles. The third kappa shape index (κ3) is 3.34. The van der Waals surface area contributed by atoms with E-state index in [-0.39, 0.29) is 17.2 Å². The first-order valence-electron chi connectivity index (χ1n) is 5.90. The summed E-state index contributed by atoms with van der Waals surface area (Å²) >= 11 is 0. The maximum atomic E-state index is 13.1. The topological polar surface area (TPSA) is 55.4 Å². The lowest BCUT2D eigenvalue weighted by Crippen LogP contribution is -2.23. The van der Waals surface area contributed by atoms with Gasteiger partial charge in [-0.25, -0.2) is 17.5 Å². The van der Waals surface area contributed by atoms with Crippen molar-refractivity contribution in [3.8, 4) is 5.75 Å². The lowest BCUT2D eigenvalue weighted by Gasteiger charge is -2.10. The van der Waals surface area contributed by atoms with Crippen LogP contribution >= 0.6 is 0 Å². The molecular weight excluding hydrogens is 281 g/mol. The molecule has 0 aliphatic heterocycles. The number of benzene rings is 2. The van der Waals surface area contributed by atoms with E-state index in [1.807, 2.05) is 30.3 Å². The maximum Gasteiger partial charge on any atom is 0.244 e. The summed E-state index contributed by atoms with van der Waals surface area (Å²) in [7, 11) is -2.46. The van der Waals surface area contributed by atoms with Gasteiger partial charge in [0.15, 0.2) is 0 Å². The van der Waals surface area contributed by atoms with E-state index < -0.39 is 15.8 Å². The molecule has 106 valence electrons. The summed E-state index contributed by atoms with van der Waals surface area (Å²) in [6, 6.07) is 12.4. The SMILES string of the molecule is COc1cc(F)ccc1S(=O)(=O)NCc1ccccc1. The molecule has 2 rings (SSSR count). The van der Waals surface area contributed by atoms with Crippen LogP contribution in [-0.2, 0) is 16.6 Å². The van der Waals surface area contributed by atoms with Crippen LogP contribution in [0.5, 0.6) is 5.75 Å². The molecule has 0 heterocycles. The molecule has 0 bridgehead atoms. The second-order valence-corrected chi connectivity index (χ2v) is 5.84. The molecule has 6 heteroatoms. The van der Waals surface area contributed by atoms with Gasteiger partial charge in [0, 0.05) is 12.6 Å². The van der Waals surface area contributed by atoms with Crippen molar-refractivity contribution in [2.45, 2.75) is 11.4 Å². The number of ether oxygens (including phenoxy) is 1. The number of hydrogen-bond donors (Lipinski definition) is 1. The zero-order chi connectivity index (χ0) is 14.6. The quantitative estimate of drug-likeness (QED) is 0.921. The molecule has 2 aromatic carbocycles. The fraction of sp³-hybridized carbons (Fsp3) is 0.143. The molecule has 0 aliphatic rings. The Morgan fingerprint density at radius 2 is 1.85 bits per heavy atom. The minimum Gasteiger partial charge on any atom is -0.495 e. The first kappa shape index (κ1) is 14.5. The summed E-state index contributed by atoms with van der Waals surface area (Å²) < 4.78 is 44.8. The van der Waals surface area contributed by atoms with E-state index in [0.29, 0.717) is 0 Å². The van der Waals surface area contributed by atoms with Crippen molar-refractivity contribution in [3.05, 3.63) is 59.9 Å². The fourth-order valence-electron chi connectivity index (χ4n) is 1.72. The second-order valence-electron chi connectivity index (χ2n) is 4.11. The van der Waals surface area contributed by atoms with Crippen molar-refractivity contribution >= 4 is 10.0 Å². The van der Waals surface area contributed by atoms with E-state index in [2.05, 4.69) is 4.72 Å². The van der Waals surface area contributed by atoms with Crippen LogP contribution in [0.15, 0.2) is 53.4 Å². The van der Waals surface area contributed by atoms with E-state index in [0.717, 1.165) is 17.7 Å². The van der Waals surface area contributed by atoms with Crippen LogP contribution in [0.2, 0.25) is 0 Å². The molecule has 0 aliphatic carbocycles. The molecule has 0 spiro atoms. The highest BCUT2D eigenvalue weighted by atomic mass is 32.2. The standard InChI is InChI=1S/C14H14FNO3S/c1-19-13-9-12(15)7-8-14(13)20(17,18)16-10-11-5-3-2-4-6-11/h2-9,16H,10H2,1H3. The first-order chi connectivity index (χ1) is 9.53. The second kappa shape index (κ2) is 6.02. The summed E-state index contributed by atoms with van der Waals surface area (Å²) in [5.74, 6) is -0.575. The fourth-order valence-corrected chi connectivity index (χ4v) is 2.88. The molecule has 0 unspecified atom stereocenters. The van der Waals surface area contributed by atoms with Crippen LogP contribution in [-0.4, -0.2) is 15.5 Å². The summed E-state index contributed by atoms with van der Waals surface area (Å²) in [6.45, 7) is 0.156. The van der Waals surface area contributed by atoms with Crippen LogP contribution in [0.4, 0.5) is 4.39 Å². The average molecular weight is 295 g/mol. The number of rotatable bonds is 5. The molecule has 20 heavy (non-hydrogen) atoms. The van der Waals surface area contributed by atoms with Crippen molar-refractivity contribution in [1.82, 2.24) is 4.72 Å². The zero-order valence-electron chi connectivity index (χ0n) is 10.8. The number of hydrogen-bond acceptors (Lipinski definition) is 3. The molecule has 0 fully saturated rings. The first-order valence-corrected chi connectivity index (χ1v) is 7.38. The highest BCUT2D eigenvalue weighted by Crippen LogP contribution is 2.24. The van der Waals surface area contributed by atoms with Gasteiger partial charge in [-0.2, -0.15) is 0 Å². The Labute approximate surface area is 117 Å². The number of sulfonamides is 1. The summed E-state index contributed by atoms with van der Waals surface area (Å²) in [5.41, 5.74) is 0.831. The number of methoxy groups -OCH3 is 1. The third-order valence-electron chi connectivity index (χ3n) is 2.72. The lowest BCUT2D eigenvalue weighted by molar-refractivity contribution is 0.398. The van der Waals surface area contributed by atoms with Gasteiger partial charge in [-0.05, 0) is 17.7 Å². The van der Waals surface area contributed by atoms with E-state index in [4.69, 9.17) is 4.74 Å². The predicted molar refractivity (Wildman–Crippen MR) is 73.4 cm³/mol. The molecule has 0 radical (unpaired) electrons. The molecule has 0 saturated heterocycles. The highest BCUT2D eigenvalue weighted by Gasteiger charge is 2.19. The van der Waals surface area contributed by atoms with Gasteiger partial charge in [0.2, 0.25) is 10.0 Å². The molecule has 0 amide bonds. The van der Waals surface area contributed by atoms with Crippen LogP contribution in [0.3, 0.4) is 0 Å². The number of nitrogens with one attached hydrogen (secondary N) is 1. The van der Waals surface area contributed by atoms with Crippen molar-refractivity contribution in [1.29, 1.82) is 0 Å². The minimum atomic E-state index is -3.76. The van der Waals surface area contributed by atoms with Gasteiger partial charge in [-0.3, -0.25) is 0 Å². The van der Waals surface area contributed by atoms with Crippen LogP contribution in [0, 0.1) is 5.82 Å². The monoisotopic (exact) mass is 295 g/mol. The molecular formula is C14H14FNO3S. The molecule has 0 atom stereocenters. The van der Waals surface area contributed by atoms with Crippen LogP contribution in [0.25, 0.3) is 0 Å². The Bertz CT molecular complexity index is 687. The number of halogens is 1. The predicted octanol–water partition coefficient (Wildman–Crippen LogP) is 2.31. The largest absolute Gasteiger partial charge is 0.495 e. The average Bonchev–Trinajstić information content (AvgIpc) is 2.46. The van der Waals surface area contributed by atoms with Gasteiger partial charge in [-0.15, -0.1) is 0 Å². The molecule has 0 saturated carbocycles. The zero-order valence-corrected chi connectivity index (χ0v) is 11.7. The molecule has 4 nitrogen and oxygen atoms in total. The summed E-state index contributed by atoms with van der Waals surface area (Å²) in [4.78, 5) is -0.0858. The van der Waals surface area contributed by atoms with Gasteiger partial charge >= 0.3 is 0 Å². The summed E-state index contributed by atoms with van der Waals surface area (Å²) in [5, 5.41) is 0. The van der Waals surface area contributed by atoms with Gasteiger partial charge in [-0.1, -0.05) is 30.3 Å². The lowest BCUT2D eigenvalue weighted by atomic mass is 10.2. The van der Waals surface area contributed by atoms with E-state index in [1.165, 1.54) is 13.2 Å². The van der Waals surface area contributed by atoms with Crippen molar-refractivity contribution in [3.63, 3.8) is 0 Å². The van der Waals surface area contributed by atoms with Crippen molar-refractivity contribution < 1.29 is 17.5 Å². The van der Waals surface area contributed by atoms with Crippen LogP contribution in [0.1, 0.15) is 5.56 Å². The van der Waals surface area contributed by atoms with Gasteiger partial charge in [0.05, 0.1) is 7.11 Å². The summed E-state index contributed by atoms with van der Waals surface area (Å²) in [6.07, 6.45) is 0. The molecule has 2 aromatic rings. The third-order valence-corrected chi connectivity index (χ3v) is 4.17. The van der Waals surface area contributed by atoms with Crippen molar-refractivity contribution in [2.24, 2.45) is 0 Å². The normalized spacial score (nSPS) is 11.3. The van der Waals surface area contributed by atoms with Gasteiger partial charge in [0.1, 0.15) is 16.5 Å². The van der Waals surface area contributed by atoms with E-state index in [9.17, 15) is 12.8 Å². The van der Waals surface area contributed by atoms with Gasteiger partial charge < -0.3 is 4.74 Å². The minimum absolute atomic E-state index is 0.0226. The van der Waals surface area contributed by atoms with E-state index in [1.54, 1.807) is 0 Å². The van der Waals surface area contributed by atoms with E-state index >= 15 is 0 Å².